The number of nitrogens with one attached hydrogen (secondary N) is 3. The Morgan fingerprint density at radius 1 is 1.39 bits per heavy atom. The van der Waals surface area contributed by atoms with Gasteiger partial charge < -0.3 is 20.7 Å². The van der Waals surface area contributed by atoms with Gasteiger partial charge >= 0.3 is 0 Å². The van der Waals surface area contributed by atoms with Crippen LogP contribution in [0.2, 0.25) is 5.02 Å². The molecule has 0 saturated carbocycles. The molecule has 6 nitrogen and oxygen atoms in total. The highest BCUT2D eigenvalue weighted by Gasteiger charge is 2.17. The predicted octanol–water partition coefficient (Wildman–Crippen LogP) is 1.94. The van der Waals surface area contributed by atoms with Gasteiger partial charge in [-0.15, -0.1) is 0 Å². The van der Waals surface area contributed by atoms with Crippen LogP contribution in [-0.2, 0) is 9.59 Å². The second kappa shape index (κ2) is 8.74. The summed E-state index contributed by atoms with van der Waals surface area (Å²) < 4.78 is 5.17. The molecule has 7 heteroatoms. The van der Waals surface area contributed by atoms with E-state index in [0.717, 1.165) is 19.4 Å². The number of anilines is 1. The van der Waals surface area contributed by atoms with Crippen molar-refractivity contribution < 1.29 is 14.3 Å². The summed E-state index contributed by atoms with van der Waals surface area (Å²) in [6.07, 6.45) is 2.80. The lowest BCUT2D eigenvalue weighted by atomic mass is 10.1. The maximum Gasteiger partial charge on any atom is 0.226 e. The summed E-state index contributed by atoms with van der Waals surface area (Å²) >= 11 is 5.91. The highest BCUT2D eigenvalue weighted by Crippen LogP contribution is 2.27. The van der Waals surface area contributed by atoms with Gasteiger partial charge in [0.05, 0.1) is 12.8 Å². The number of hydrogen-bond acceptors (Lipinski definition) is 4. The van der Waals surface area contributed by atoms with Crippen molar-refractivity contribution in [3.63, 3.8) is 0 Å². The number of methoxy groups -OCH3 is 1. The molecule has 0 spiro atoms. The van der Waals surface area contributed by atoms with E-state index in [1.165, 1.54) is 7.11 Å². The molecule has 1 fully saturated rings. The van der Waals surface area contributed by atoms with E-state index < -0.39 is 0 Å². The van der Waals surface area contributed by atoms with Crippen molar-refractivity contribution in [1.82, 2.24) is 10.6 Å². The monoisotopic (exact) mass is 339 g/mol. The van der Waals surface area contributed by atoms with E-state index in [2.05, 4.69) is 16.0 Å². The summed E-state index contributed by atoms with van der Waals surface area (Å²) in [5, 5.41) is 9.29. The smallest absolute Gasteiger partial charge is 0.226 e. The molecular formula is C16H22ClN3O3. The average Bonchev–Trinajstić information content (AvgIpc) is 3.00. The molecule has 0 bridgehead atoms. The highest BCUT2D eigenvalue weighted by molar-refractivity contribution is 6.31. The van der Waals surface area contributed by atoms with Gasteiger partial charge in [0.15, 0.2) is 0 Å². The van der Waals surface area contributed by atoms with Crippen LogP contribution in [0.25, 0.3) is 0 Å². The summed E-state index contributed by atoms with van der Waals surface area (Å²) in [5.74, 6) is 0.307. The van der Waals surface area contributed by atoms with E-state index in [0.29, 0.717) is 29.4 Å². The van der Waals surface area contributed by atoms with Crippen LogP contribution in [0.3, 0.4) is 0 Å². The minimum absolute atomic E-state index is 0.0301. The zero-order valence-corrected chi connectivity index (χ0v) is 13.9. The standard InChI is InChI=1S/C16H22ClN3O3/c1-23-14-5-4-11(17)9-13(14)20-15(21)6-8-19-16(22)10-12-3-2-7-18-12/h4-5,9,12,18H,2-3,6-8,10H2,1H3,(H,19,22)(H,20,21). The van der Waals surface area contributed by atoms with Crippen molar-refractivity contribution in [3.8, 4) is 5.75 Å². The molecule has 2 amide bonds. The highest BCUT2D eigenvalue weighted by atomic mass is 35.5. The first kappa shape index (κ1) is 17.6. The van der Waals surface area contributed by atoms with E-state index >= 15 is 0 Å². The van der Waals surface area contributed by atoms with Gasteiger partial charge in [0.2, 0.25) is 11.8 Å². The Morgan fingerprint density at radius 2 is 2.22 bits per heavy atom. The largest absolute Gasteiger partial charge is 0.495 e. The van der Waals surface area contributed by atoms with Crippen LogP contribution in [0.5, 0.6) is 5.75 Å². The van der Waals surface area contributed by atoms with Crippen molar-refractivity contribution in [1.29, 1.82) is 0 Å². The minimum atomic E-state index is -0.204. The normalized spacial score (nSPS) is 16.9. The predicted molar refractivity (Wildman–Crippen MR) is 89.9 cm³/mol. The van der Waals surface area contributed by atoms with Gasteiger partial charge in [0.25, 0.3) is 0 Å². The fraction of sp³-hybridized carbons (Fsp3) is 0.500. The van der Waals surface area contributed by atoms with Crippen molar-refractivity contribution in [2.75, 3.05) is 25.5 Å². The molecule has 126 valence electrons. The molecule has 0 aliphatic carbocycles. The Bertz CT molecular complexity index is 560. The first-order valence-electron chi connectivity index (χ1n) is 7.72. The Morgan fingerprint density at radius 3 is 2.91 bits per heavy atom. The molecule has 3 N–H and O–H groups in total. The molecule has 2 rings (SSSR count). The Kier molecular flexibility index (Phi) is 6.67. The number of halogens is 1. The third-order valence-corrected chi connectivity index (χ3v) is 3.94. The number of ether oxygens (including phenoxy) is 1. The molecule has 1 atom stereocenters. The molecule has 23 heavy (non-hydrogen) atoms. The summed E-state index contributed by atoms with van der Waals surface area (Å²) in [5.41, 5.74) is 0.520. The quantitative estimate of drug-likeness (QED) is 0.709. The molecule has 1 saturated heterocycles. The number of benzene rings is 1. The van der Waals surface area contributed by atoms with Crippen LogP contribution in [-0.4, -0.2) is 38.1 Å². The van der Waals surface area contributed by atoms with Gasteiger partial charge in [0, 0.05) is 30.5 Å². The van der Waals surface area contributed by atoms with E-state index in [1.807, 2.05) is 0 Å². The van der Waals surface area contributed by atoms with Gasteiger partial charge in [-0.2, -0.15) is 0 Å². The third-order valence-electron chi connectivity index (χ3n) is 3.70. The van der Waals surface area contributed by atoms with Crippen molar-refractivity contribution in [2.45, 2.75) is 31.7 Å². The average molecular weight is 340 g/mol. The summed E-state index contributed by atoms with van der Waals surface area (Å²) in [6, 6.07) is 5.27. The number of carbonyl (C=O) groups excluding carboxylic acids is 2. The number of amides is 2. The van der Waals surface area contributed by atoms with Crippen LogP contribution < -0.4 is 20.7 Å². The van der Waals surface area contributed by atoms with Gasteiger partial charge in [-0.3, -0.25) is 9.59 Å². The third kappa shape index (κ3) is 5.73. The molecule has 0 radical (unpaired) electrons. The van der Waals surface area contributed by atoms with Crippen molar-refractivity contribution >= 4 is 29.1 Å². The zero-order valence-electron chi connectivity index (χ0n) is 13.2. The number of hydrogen-bond donors (Lipinski definition) is 3. The van der Waals surface area contributed by atoms with Crippen LogP contribution in [0.4, 0.5) is 5.69 Å². The fourth-order valence-electron chi connectivity index (χ4n) is 2.53. The first-order valence-corrected chi connectivity index (χ1v) is 8.09. The van der Waals surface area contributed by atoms with E-state index in [4.69, 9.17) is 16.3 Å². The second-order valence-corrected chi connectivity index (χ2v) is 5.93. The zero-order chi connectivity index (χ0) is 16.7. The number of carbonyl (C=O) groups is 2. The van der Waals surface area contributed by atoms with Crippen LogP contribution in [0.1, 0.15) is 25.7 Å². The van der Waals surface area contributed by atoms with Crippen LogP contribution >= 0.6 is 11.6 Å². The molecule has 1 aromatic rings. The van der Waals surface area contributed by atoms with Crippen LogP contribution in [0, 0.1) is 0 Å². The maximum atomic E-state index is 11.9. The fourth-order valence-corrected chi connectivity index (χ4v) is 2.71. The molecule has 1 aromatic carbocycles. The Labute approximate surface area is 140 Å². The van der Waals surface area contributed by atoms with E-state index in [9.17, 15) is 9.59 Å². The van der Waals surface area contributed by atoms with Gasteiger partial charge in [0.1, 0.15) is 5.75 Å². The lowest BCUT2D eigenvalue weighted by Crippen LogP contribution is -2.33. The Balaban J connectivity index is 1.72. The minimum Gasteiger partial charge on any atom is -0.495 e. The summed E-state index contributed by atoms with van der Waals surface area (Å²) in [4.78, 5) is 23.7. The number of rotatable bonds is 7. The SMILES string of the molecule is COc1ccc(Cl)cc1NC(=O)CCNC(=O)CC1CCCN1. The van der Waals surface area contributed by atoms with Gasteiger partial charge in [-0.1, -0.05) is 11.6 Å². The van der Waals surface area contributed by atoms with Crippen molar-refractivity contribution in [2.24, 2.45) is 0 Å². The molecular weight excluding hydrogens is 318 g/mol. The topological polar surface area (TPSA) is 79.5 Å². The van der Waals surface area contributed by atoms with Crippen LogP contribution in [0.15, 0.2) is 18.2 Å². The molecule has 0 aromatic heterocycles. The lowest BCUT2D eigenvalue weighted by Gasteiger charge is -2.12. The summed E-state index contributed by atoms with van der Waals surface area (Å²) in [6.45, 7) is 1.28. The second-order valence-electron chi connectivity index (χ2n) is 5.49. The molecule has 1 aliphatic heterocycles. The van der Waals surface area contributed by atoms with Gasteiger partial charge in [-0.25, -0.2) is 0 Å². The first-order chi connectivity index (χ1) is 11.1. The Hall–Kier alpha value is -1.79. The molecule has 1 heterocycles. The van der Waals surface area contributed by atoms with Gasteiger partial charge in [-0.05, 0) is 37.6 Å². The maximum absolute atomic E-state index is 11.9. The van der Waals surface area contributed by atoms with Crippen molar-refractivity contribution in [3.05, 3.63) is 23.2 Å². The van der Waals surface area contributed by atoms with E-state index in [-0.39, 0.29) is 24.3 Å². The molecule has 1 unspecified atom stereocenters. The summed E-state index contributed by atoms with van der Waals surface area (Å²) in [7, 11) is 1.52. The van der Waals surface area contributed by atoms with E-state index in [1.54, 1.807) is 18.2 Å². The molecule has 1 aliphatic rings. The lowest BCUT2D eigenvalue weighted by molar-refractivity contribution is -0.121.